The van der Waals surface area contributed by atoms with E-state index in [0.29, 0.717) is 5.92 Å². The van der Waals surface area contributed by atoms with Crippen LogP contribution in [0.2, 0.25) is 0 Å². The molecule has 1 aliphatic carbocycles. The van der Waals surface area contributed by atoms with Gasteiger partial charge in [0.25, 0.3) is 0 Å². The molecule has 0 saturated heterocycles. The van der Waals surface area contributed by atoms with E-state index in [-0.39, 0.29) is 6.04 Å². The maximum atomic E-state index is 5.88. The van der Waals surface area contributed by atoms with Crippen LogP contribution in [0.3, 0.4) is 0 Å². The Labute approximate surface area is 103 Å². The van der Waals surface area contributed by atoms with Crippen molar-refractivity contribution in [2.75, 3.05) is 13.1 Å². The standard InChI is InChI=1S/C14H21N3/c1-2-17(10-12-6-7-13(15)9-12)11-14-5-3-4-8-16-14/h3-8,12-13H,2,9-11,15H2,1H3. The lowest BCUT2D eigenvalue weighted by molar-refractivity contribution is 0.246. The molecule has 1 aromatic heterocycles. The summed E-state index contributed by atoms with van der Waals surface area (Å²) in [6, 6.07) is 6.34. The molecule has 3 nitrogen and oxygen atoms in total. The third kappa shape index (κ3) is 3.65. The average Bonchev–Trinajstić information content (AvgIpc) is 2.75. The van der Waals surface area contributed by atoms with Crippen molar-refractivity contribution in [3.63, 3.8) is 0 Å². The first kappa shape index (κ1) is 12.3. The van der Waals surface area contributed by atoms with Gasteiger partial charge in [-0.2, -0.15) is 0 Å². The molecular weight excluding hydrogens is 210 g/mol. The summed E-state index contributed by atoms with van der Waals surface area (Å²) in [7, 11) is 0. The van der Waals surface area contributed by atoms with Crippen LogP contribution in [-0.2, 0) is 6.54 Å². The molecule has 3 heteroatoms. The molecule has 17 heavy (non-hydrogen) atoms. The summed E-state index contributed by atoms with van der Waals surface area (Å²) >= 11 is 0. The molecule has 0 bridgehead atoms. The number of aromatic nitrogens is 1. The zero-order chi connectivity index (χ0) is 12.1. The Balaban J connectivity index is 1.87. The van der Waals surface area contributed by atoms with Crippen LogP contribution < -0.4 is 5.73 Å². The van der Waals surface area contributed by atoms with Gasteiger partial charge in [0.2, 0.25) is 0 Å². The fourth-order valence-corrected chi connectivity index (χ4v) is 2.30. The molecule has 2 N–H and O–H groups in total. The number of hydrogen-bond acceptors (Lipinski definition) is 3. The quantitative estimate of drug-likeness (QED) is 0.786. The van der Waals surface area contributed by atoms with E-state index in [1.165, 1.54) is 0 Å². The second-order valence-corrected chi connectivity index (χ2v) is 4.69. The molecule has 2 atom stereocenters. The molecule has 1 aromatic rings. The first-order chi connectivity index (χ1) is 8.28. The van der Waals surface area contributed by atoms with Gasteiger partial charge in [0.15, 0.2) is 0 Å². The van der Waals surface area contributed by atoms with Crippen LogP contribution in [0.5, 0.6) is 0 Å². The van der Waals surface area contributed by atoms with Crippen molar-refractivity contribution >= 4 is 0 Å². The zero-order valence-electron chi connectivity index (χ0n) is 10.4. The van der Waals surface area contributed by atoms with Crippen LogP contribution in [0.1, 0.15) is 19.0 Å². The van der Waals surface area contributed by atoms with Gasteiger partial charge < -0.3 is 5.73 Å². The van der Waals surface area contributed by atoms with Crippen molar-refractivity contribution in [3.8, 4) is 0 Å². The summed E-state index contributed by atoms with van der Waals surface area (Å²) < 4.78 is 0. The number of pyridine rings is 1. The Morgan fingerprint density at radius 1 is 1.41 bits per heavy atom. The van der Waals surface area contributed by atoms with Crippen LogP contribution in [0.15, 0.2) is 36.5 Å². The first-order valence-corrected chi connectivity index (χ1v) is 6.34. The first-order valence-electron chi connectivity index (χ1n) is 6.34. The predicted molar refractivity (Wildman–Crippen MR) is 70.4 cm³/mol. The number of nitrogens with two attached hydrogens (primary N) is 1. The van der Waals surface area contributed by atoms with Crippen LogP contribution in [0, 0.1) is 5.92 Å². The minimum Gasteiger partial charge on any atom is -0.324 e. The van der Waals surface area contributed by atoms with Gasteiger partial charge in [-0.3, -0.25) is 9.88 Å². The van der Waals surface area contributed by atoms with Gasteiger partial charge >= 0.3 is 0 Å². The lowest BCUT2D eigenvalue weighted by Gasteiger charge is -2.23. The Bertz CT molecular complexity index is 361. The molecule has 1 heterocycles. The smallest absolute Gasteiger partial charge is 0.0543 e. The predicted octanol–water partition coefficient (Wildman–Crippen LogP) is 1.81. The van der Waals surface area contributed by atoms with Crippen molar-refractivity contribution in [1.29, 1.82) is 0 Å². The third-order valence-electron chi connectivity index (χ3n) is 3.26. The summed E-state index contributed by atoms with van der Waals surface area (Å²) in [6.45, 7) is 5.26. The topological polar surface area (TPSA) is 42.2 Å². The van der Waals surface area contributed by atoms with Gasteiger partial charge in [-0.25, -0.2) is 0 Å². The second kappa shape index (κ2) is 5.94. The lowest BCUT2D eigenvalue weighted by atomic mass is 10.1. The summed E-state index contributed by atoms with van der Waals surface area (Å²) in [5.41, 5.74) is 7.02. The SMILES string of the molecule is CCN(Cc1ccccn1)CC1C=CC(N)C1. The van der Waals surface area contributed by atoms with E-state index in [1.54, 1.807) is 0 Å². The monoisotopic (exact) mass is 231 g/mol. The van der Waals surface area contributed by atoms with E-state index in [9.17, 15) is 0 Å². The van der Waals surface area contributed by atoms with Crippen molar-refractivity contribution < 1.29 is 0 Å². The fraction of sp³-hybridized carbons (Fsp3) is 0.500. The van der Waals surface area contributed by atoms with Gasteiger partial charge in [-0.15, -0.1) is 0 Å². The van der Waals surface area contributed by atoms with Gasteiger partial charge in [0.05, 0.1) is 5.69 Å². The van der Waals surface area contributed by atoms with Gasteiger partial charge in [0, 0.05) is 25.3 Å². The highest BCUT2D eigenvalue weighted by molar-refractivity contribution is 5.06. The molecule has 1 aliphatic rings. The van der Waals surface area contributed by atoms with E-state index in [4.69, 9.17) is 5.73 Å². The van der Waals surface area contributed by atoms with Crippen molar-refractivity contribution in [3.05, 3.63) is 42.2 Å². The minimum absolute atomic E-state index is 0.258. The molecule has 2 unspecified atom stereocenters. The molecule has 0 radical (unpaired) electrons. The lowest BCUT2D eigenvalue weighted by Crippen LogP contribution is -2.29. The second-order valence-electron chi connectivity index (χ2n) is 4.69. The van der Waals surface area contributed by atoms with E-state index in [2.05, 4.69) is 35.0 Å². The highest BCUT2D eigenvalue weighted by atomic mass is 15.1. The number of rotatable bonds is 5. The number of nitrogens with zero attached hydrogens (tertiary/aromatic N) is 2. The van der Waals surface area contributed by atoms with Gasteiger partial charge in [0.1, 0.15) is 0 Å². The molecule has 0 amide bonds. The molecule has 0 aliphatic heterocycles. The highest BCUT2D eigenvalue weighted by Gasteiger charge is 2.18. The van der Waals surface area contributed by atoms with E-state index >= 15 is 0 Å². The molecular formula is C14H21N3. The Morgan fingerprint density at radius 2 is 2.29 bits per heavy atom. The summed E-state index contributed by atoms with van der Waals surface area (Å²) in [6.07, 6.45) is 7.32. The van der Waals surface area contributed by atoms with E-state index in [0.717, 1.165) is 31.7 Å². The molecule has 0 fully saturated rings. The van der Waals surface area contributed by atoms with Crippen LogP contribution >= 0.6 is 0 Å². The Kier molecular flexibility index (Phi) is 4.29. The summed E-state index contributed by atoms with van der Waals surface area (Å²) in [5.74, 6) is 0.605. The highest BCUT2D eigenvalue weighted by Crippen LogP contribution is 2.18. The molecule has 92 valence electrons. The van der Waals surface area contributed by atoms with Crippen LogP contribution in [-0.4, -0.2) is 29.0 Å². The Morgan fingerprint density at radius 3 is 2.88 bits per heavy atom. The van der Waals surface area contributed by atoms with Crippen molar-refractivity contribution in [2.45, 2.75) is 25.9 Å². The molecule has 0 saturated carbocycles. The minimum atomic E-state index is 0.258. The maximum Gasteiger partial charge on any atom is 0.0543 e. The van der Waals surface area contributed by atoms with Crippen LogP contribution in [0.4, 0.5) is 0 Å². The Hall–Kier alpha value is -1.19. The summed E-state index contributed by atoms with van der Waals surface area (Å²) in [5, 5.41) is 0. The van der Waals surface area contributed by atoms with E-state index in [1.807, 2.05) is 18.3 Å². The maximum absolute atomic E-state index is 5.88. The molecule has 0 spiro atoms. The normalized spacial score (nSPS) is 23.5. The van der Waals surface area contributed by atoms with Crippen molar-refractivity contribution in [2.24, 2.45) is 11.7 Å². The fourth-order valence-electron chi connectivity index (χ4n) is 2.30. The molecule has 0 aromatic carbocycles. The van der Waals surface area contributed by atoms with Gasteiger partial charge in [-0.1, -0.05) is 25.1 Å². The third-order valence-corrected chi connectivity index (χ3v) is 3.26. The summed E-state index contributed by atoms with van der Waals surface area (Å²) in [4.78, 5) is 6.80. The van der Waals surface area contributed by atoms with E-state index < -0.39 is 0 Å². The van der Waals surface area contributed by atoms with Crippen molar-refractivity contribution in [1.82, 2.24) is 9.88 Å². The number of hydrogen-bond donors (Lipinski definition) is 1. The van der Waals surface area contributed by atoms with Crippen LogP contribution in [0.25, 0.3) is 0 Å². The average molecular weight is 231 g/mol. The largest absolute Gasteiger partial charge is 0.324 e. The zero-order valence-corrected chi connectivity index (χ0v) is 10.4. The van der Waals surface area contributed by atoms with Gasteiger partial charge in [-0.05, 0) is 31.0 Å². The molecule has 2 rings (SSSR count).